The highest BCUT2D eigenvalue weighted by atomic mass is 16.1. The van der Waals surface area contributed by atoms with Crippen LogP contribution < -0.4 is 11.1 Å². The highest BCUT2D eigenvalue weighted by Gasteiger charge is 2.07. The first-order valence-electron chi connectivity index (χ1n) is 4.31. The lowest BCUT2D eigenvalue weighted by Gasteiger charge is -2.01. The van der Waals surface area contributed by atoms with E-state index >= 15 is 0 Å². The molecule has 1 amide bonds. The Morgan fingerprint density at radius 1 is 1.53 bits per heavy atom. The fourth-order valence-corrected chi connectivity index (χ4v) is 1.11. The highest BCUT2D eigenvalue weighted by Crippen LogP contribution is 2.05. The van der Waals surface area contributed by atoms with Crippen LogP contribution in [0.2, 0.25) is 0 Å². The van der Waals surface area contributed by atoms with Crippen LogP contribution in [0.25, 0.3) is 0 Å². The van der Waals surface area contributed by atoms with E-state index in [4.69, 9.17) is 5.73 Å². The minimum atomic E-state index is -0.229. The van der Waals surface area contributed by atoms with E-state index < -0.39 is 0 Å². The molecule has 7 heteroatoms. The maximum atomic E-state index is 11.5. The topological polar surface area (TPSA) is 112 Å². The second-order valence-corrected chi connectivity index (χ2v) is 2.96. The third-order valence-corrected chi connectivity index (χ3v) is 1.93. The SMILES string of the molecule is Nc1[nH]ncc1CNC(=O)c1cnc[nH]1. The molecule has 0 aliphatic heterocycles. The smallest absolute Gasteiger partial charge is 0.269 e. The molecule has 0 radical (unpaired) electrons. The van der Waals surface area contributed by atoms with E-state index in [2.05, 4.69) is 25.5 Å². The van der Waals surface area contributed by atoms with E-state index in [0.29, 0.717) is 18.1 Å². The van der Waals surface area contributed by atoms with E-state index in [0.717, 1.165) is 5.56 Å². The fraction of sp³-hybridized carbons (Fsp3) is 0.125. The number of nitrogens with one attached hydrogen (secondary N) is 3. The number of hydrogen-bond acceptors (Lipinski definition) is 4. The molecule has 2 rings (SSSR count). The molecule has 0 aliphatic carbocycles. The van der Waals surface area contributed by atoms with Crippen molar-refractivity contribution in [2.45, 2.75) is 6.54 Å². The number of aromatic nitrogens is 4. The van der Waals surface area contributed by atoms with Gasteiger partial charge in [0.2, 0.25) is 0 Å². The van der Waals surface area contributed by atoms with Gasteiger partial charge in [0.1, 0.15) is 11.5 Å². The summed E-state index contributed by atoms with van der Waals surface area (Å²) >= 11 is 0. The van der Waals surface area contributed by atoms with Crippen LogP contribution >= 0.6 is 0 Å². The van der Waals surface area contributed by atoms with Gasteiger partial charge in [-0.3, -0.25) is 9.89 Å². The summed E-state index contributed by atoms with van der Waals surface area (Å²) in [5.41, 5.74) is 6.72. The molecule has 2 aromatic heterocycles. The molecule has 2 heterocycles. The van der Waals surface area contributed by atoms with Gasteiger partial charge in [0, 0.05) is 12.1 Å². The lowest BCUT2D eigenvalue weighted by Crippen LogP contribution is -2.23. The Labute approximate surface area is 85.1 Å². The molecule has 0 aliphatic rings. The number of rotatable bonds is 3. The van der Waals surface area contributed by atoms with Gasteiger partial charge in [0.05, 0.1) is 18.7 Å². The molecule has 78 valence electrons. The van der Waals surface area contributed by atoms with E-state index in [1.54, 1.807) is 6.20 Å². The number of H-pyrrole nitrogens is 2. The molecule has 0 saturated heterocycles. The van der Waals surface area contributed by atoms with Crippen molar-refractivity contribution in [1.29, 1.82) is 0 Å². The summed E-state index contributed by atoms with van der Waals surface area (Å²) in [5, 5.41) is 9.00. The highest BCUT2D eigenvalue weighted by molar-refractivity contribution is 5.91. The zero-order chi connectivity index (χ0) is 10.7. The molecule has 0 fully saturated rings. The van der Waals surface area contributed by atoms with Gasteiger partial charge in [-0.25, -0.2) is 4.98 Å². The molecule has 0 spiro atoms. The molecule has 0 aromatic carbocycles. The summed E-state index contributed by atoms with van der Waals surface area (Å²) in [6, 6.07) is 0. The molecule has 0 saturated carbocycles. The van der Waals surface area contributed by atoms with Crippen molar-refractivity contribution < 1.29 is 4.79 Å². The van der Waals surface area contributed by atoms with Crippen molar-refractivity contribution in [3.05, 3.63) is 30.0 Å². The quantitative estimate of drug-likeness (QED) is 0.549. The van der Waals surface area contributed by atoms with Gasteiger partial charge >= 0.3 is 0 Å². The van der Waals surface area contributed by atoms with Gasteiger partial charge in [-0.15, -0.1) is 0 Å². The largest absolute Gasteiger partial charge is 0.384 e. The van der Waals surface area contributed by atoms with E-state index in [-0.39, 0.29) is 5.91 Å². The Kier molecular flexibility index (Phi) is 2.36. The van der Waals surface area contributed by atoms with Crippen molar-refractivity contribution >= 4 is 11.7 Å². The summed E-state index contributed by atoms with van der Waals surface area (Å²) in [6.45, 7) is 0.334. The molecule has 15 heavy (non-hydrogen) atoms. The van der Waals surface area contributed by atoms with E-state index in [1.165, 1.54) is 12.5 Å². The number of carbonyl (C=O) groups is 1. The number of carbonyl (C=O) groups excluding carboxylic acids is 1. The summed E-state index contributed by atoms with van der Waals surface area (Å²) in [5.74, 6) is 0.230. The molecule has 0 unspecified atom stereocenters. The maximum Gasteiger partial charge on any atom is 0.269 e. The monoisotopic (exact) mass is 206 g/mol. The minimum absolute atomic E-state index is 0.229. The number of nitrogens with two attached hydrogens (primary N) is 1. The van der Waals surface area contributed by atoms with Crippen LogP contribution in [0, 0.1) is 0 Å². The van der Waals surface area contributed by atoms with Crippen LogP contribution in [0.4, 0.5) is 5.82 Å². The molecule has 7 nitrogen and oxygen atoms in total. The molecular formula is C8H10N6O. The standard InChI is InChI=1S/C8H10N6O/c9-7-5(2-13-14-7)1-11-8(15)6-3-10-4-12-6/h2-4H,1H2,(H,10,12)(H,11,15)(H3,9,13,14). The Bertz CT molecular complexity index is 445. The Morgan fingerprint density at radius 3 is 3.00 bits per heavy atom. The van der Waals surface area contributed by atoms with Crippen LogP contribution in [0.3, 0.4) is 0 Å². The van der Waals surface area contributed by atoms with Crippen LogP contribution in [0.5, 0.6) is 0 Å². The number of aromatic amines is 2. The maximum absolute atomic E-state index is 11.5. The molecule has 0 atom stereocenters. The number of imidazole rings is 1. The summed E-state index contributed by atoms with van der Waals surface area (Å²) in [6.07, 6.45) is 4.47. The van der Waals surface area contributed by atoms with Gasteiger partial charge in [0.15, 0.2) is 0 Å². The van der Waals surface area contributed by atoms with Gasteiger partial charge in [-0.05, 0) is 0 Å². The lowest BCUT2D eigenvalue weighted by molar-refractivity contribution is 0.0946. The molecule has 0 bridgehead atoms. The van der Waals surface area contributed by atoms with Crippen molar-refractivity contribution in [1.82, 2.24) is 25.5 Å². The zero-order valence-corrected chi connectivity index (χ0v) is 7.82. The van der Waals surface area contributed by atoms with Crippen LogP contribution in [0.1, 0.15) is 16.1 Å². The van der Waals surface area contributed by atoms with Crippen LogP contribution in [-0.2, 0) is 6.54 Å². The van der Waals surface area contributed by atoms with Gasteiger partial charge < -0.3 is 16.0 Å². The van der Waals surface area contributed by atoms with E-state index in [9.17, 15) is 4.79 Å². The van der Waals surface area contributed by atoms with Crippen molar-refractivity contribution in [2.24, 2.45) is 0 Å². The van der Waals surface area contributed by atoms with Crippen LogP contribution in [-0.4, -0.2) is 26.1 Å². The third kappa shape index (κ3) is 1.96. The number of nitrogen functional groups attached to an aromatic ring is 1. The Balaban J connectivity index is 1.95. The second-order valence-electron chi connectivity index (χ2n) is 2.96. The average Bonchev–Trinajstić information content (AvgIpc) is 2.85. The lowest BCUT2D eigenvalue weighted by atomic mass is 10.3. The van der Waals surface area contributed by atoms with Crippen molar-refractivity contribution in [3.8, 4) is 0 Å². The third-order valence-electron chi connectivity index (χ3n) is 1.93. The van der Waals surface area contributed by atoms with Crippen LogP contribution in [0.15, 0.2) is 18.7 Å². The first kappa shape index (κ1) is 9.25. The minimum Gasteiger partial charge on any atom is -0.384 e. The summed E-state index contributed by atoms with van der Waals surface area (Å²) < 4.78 is 0. The number of amides is 1. The molecule has 2 aromatic rings. The van der Waals surface area contributed by atoms with E-state index in [1.807, 2.05) is 0 Å². The fourth-order valence-electron chi connectivity index (χ4n) is 1.11. The normalized spacial score (nSPS) is 10.1. The number of hydrogen-bond donors (Lipinski definition) is 4. The predicted molar refractivity (Wildman–Crippen MR) is 52.8 cm³/mol. The molecule has 5 N–H and O–H groups in total. The number of nitrogens with zero attached hydrogens (tertiary/aromatic N) is 2. The Morgan fingerprint density at radius 2 is 2.40 bits per heavy atom. The predicted octanol–water partition coefficient (Wildman–Crippen LogP) is -0.355. The average molecular weight is 206 g/mol. The van der Waals surface area contributed by atoms with Crippen molar-refractivity contribution in [3.63, 3.8) is 0 Å². The van der Waals surface area contributed by atoms with Crippen molar-refractivity contribution in [2.75, 3.05) is 5.73 Å². The first-order valence-corrected chi connectivity index (χ1v) is 4.31. The van der Waals surface area contributed by atoms with Gasteiger partial charge in [0.25, 0.3) is 5.91 Å². The molecular weight excluding hydrogens is 196 g/mol. The second kappa shape index (κ2) is 3.82. The van der Waals surface area contributed by atoms with Gasteiger partial charge in [-0.2, -0.15) is 5.10 Å². The van der Waals surface area contributed by atoms with Gasteiger partial charge in [-0.1, -0.05) is 0 Å². The zero-order valence-electron chi connectivity index (χ0n) is 7.82. The summed E-state index contributed by atoms with van der Waals surface area (Å²) in [7, 11) is 0. The first-order chi connectivity index (χ1) is 7.27. The Hall–Kier alpha value is -2.31. The summed E-state index contributed by atoms with van der Waals surface area (Å²) in [4.78, 5) is 17.9. The number of anilines is 1.